The zero-order valence-corrected chi connectivity index (χ0v) is 11.5. The zero-order chi connectivity index (χ0) is 13.2. The SMILES string of the molecule is CCC1CCc2nnc(-c3cncnc3C)n2CC1. The molecule has 3 heterocycles. The van der Waals surface area contributed by atoms with Gasteiger partial charge in [0.1, 0.15) is 12.2 Å². The van der Waals surface area contributed by atoms with Gasteiger partial charge in [0.15, 0.2) is 5.82 Å². The van der Waals surface area contributed by atoms with Crippen LogP contribution in [0.3, 0.4) is 0 Å². The lowest BCUT2D eigenvalue weighted by Crippen LogP contribution is -2.05. The molecule has 0 bridgehead atoms. The maximum absolute atomic E-state index is 4.36. The Hall–Kier alpha value is -1.78. The molecular weight excluding hydrogens is 238 g/mol. The third-order valence-corrected chi connectivity index (χ3v) is 4.09. The predicted molar refractivity (Wildman–Crippen MR) is 72.5 cm³/mol. The summed E-state index contributed by atoms with van der Waals surface area (Å²) in [4.78, 5) is 8.36. The van der Waals surface area contributed by atoms with Crippen molar-refractivity contribution in [1.29, 1.82) is 0 Å². The van der Waals surface area contributed by atoms with Crippen molar-refractivity contribution in [3.63, 3.8) is 0 Å². The highest BCUT2D eigenvalue weighted by atomic mass is 15.3. The molecule has 0 fully saturated rings. The first-order chi connectivity index (χ1) is 9.29. The third-order valence-electron chi connectivity index (χ3n) is 4.09. The molecule has 100 valence electrons. The van der Waals surface area contributed by atoms with E-state index in [2.05, 4.69) is 31.7 Å². The van der Waals surface area contributed by atoms with E-state index in [-0.39, 0.29) is 0 Å². The number of aromatic nitrogens is 5. The minimum absolute atomic E-state index is 0.808. The van der Waals surface area contributed by atoms with Crippen LogP contribution in [0.25, 0.3) is 11.4 Å². The Labute approximate surface area is 113 Å². The monoisotopic (exact) mass is 257 g/mol. The van der Waals surface area contributed by atoms with Crippen molar-refractivity contribution < 1.29 is 0 Å². The smallest absolute Gasteiger partial charge is 0.167 e. The molecule has 1 aliphatic heterocycles. The second-order valence-corrected chi connectivity index (χ2v) is 5.21. The van der Waals surface area contributed by atoms with Crippen molar-refractivity contribution in [3.8, 4) is 11.4 Å². The van der Waals surface area contributed by atoms with E-state index in [4.69, 9.17) is 0 Å². The van der Waals surface area contributed by atoms with Gasteiger partial charge in [-0.3, -0.25) is 0 Å². The van der Waals surface area contributed by atoms with Crippen LogP contribution in [0.5, 0.6) is 0 Å². The number of hydrogen-bond acceptors (Lipinski definition) is 4. The van der Waals surface area contributed by atoms with Crippen LogP contribution in [0.1, 0.15) is 37.7 Å². The Kier molecular flexibility index (Phi) is 3.27. The molecule has 0 spiro atoms. The topological polar surface area (TPSA) is 56.5 Å². The minimum Gasteiger partial charge on any atom is -0.311 e. The third kappa shape index (κ3) is 2.25. The predicted octanol–water partition coefficient (Wildman–Crippen LogP) is 2.41. The Morgan fingerprint density at radius 3 is 3.00 bits per heavy atom. The van der Waals surface area contributed by atoms with Gasteiger partial charge in [-0.05, 0) is 25.7 Å². The van der Waals surface area contributed by atoms with Crippen LogP contribution in [-0.4, -0.2) is 24.7 Å². The first kappa shape index (κ1) is 12.3. The number of aryl methyl sites for hydroxylation is 2. The molecule has 1 aliphatic rings. The molecule has 2 aromatic heterocycles. The summed E-state index contributed by atoms with van der Waals surface area (Å²) in [5.41, 5.74) is 1.96. The second kappa shape index (κ2) is 5.07. The fraction of sp³-hybridized carbons (Fsp3) is 0.571. The highest BCUT2D eigenvalue weighted by Gasteiger charge is 2.21. The van der Waals surface area contributed by atoms with Gasteiger partial charge in [0.2, 0.25) is 0 Å². The maximum atomic E-state index is 4.36. The Morgan fingerprint density at radius 1 is 1.32 bits per heavy atom. The molecule has 3 rings (SSSR count). The van der Waals surface area contributed by atoms with Gasteiger partial charge in [0.05, 0.1) is 11.3 Å². The molecule has 1 unspecified atom stereocenters. The van der Waals surface area contributed by atoms with Crippen LogP contribution in [0, 0.1) is 12.8 Å². The maximum Gasteiger partial charge on any atom is 0.167 e. The highest BCUT2D eigenvalue weighted by molar-refractivity contribution is 5.56. The average molecular weight is 257 g/mol. The van der Waals surface area contributed by atoms with Crippen LogP contribution in [-0.2, 0) is 13.0 Å². The molecule has 0 aromatic carbocycles. The molecule has 0 aliphatic carbocycles. The van der Waals surface area contributed by atoms with Crippen molar-refractivity contribution in [2.45, 2.75) is 46.1 Å². The molecule has 0 radical (unpaired) electrons. The second-order valence-electron chi connectivity index (χ2n) is 5.21. The lowest BCUT2D eigenvalue weighted by atomic mass is 9.98. The molecule has 5 heteroatoms. The van der Waals surface area contributed by atoms with Crippen LogP contribution < -0.4 is 0 Å². The van der Waals surface area contributed by atoms with Gasteiger partial charge in [0, 0.05) is 19.2 Å². The molecule has 1 atom stereocenters. The van der Waals surface area contributed by atoms with Crippen molar-refractivity contribution >= 4 is 0 Å². The van der Waals surface area contributed by atoms with Gasteiger partial charge >= 0.3 is 0 Å². The quantitative estimate of drug-likeness (QED) is 0.829. The largest absolute Gasteiger partial charge is 0.311 e. The average Bonchev–Trinajstić information content (AvgIpc) is 2.72. The minimum atomic E-state index is 0.808. The summed E-state index contributed by atoms with van der Waals surface area (Å²) < 4.78 is 2.25. The van der Waals surface area contributed by atoms with Crippen LogP contribution in [0.2, 0.25) is 0 Å². The van der Waals surface area contributed by atoms with Gasteiger partial charge in [-0.2, -0.15) is 0 Å². The number of hydrogen-bond donors (Lipinski definition) is 0. The van der Waals surface area contributed by atoms with E-state index in [0.29, 0.717) is 0 Å². The summed E-state index contributed by atoms with van der Waals surface area (Å²) >= 11 is 0. The molecule has 0 amide bonds. The van der Waals surface area contributed by atoms with Crippen molar-refractivity contribution in [3.05, 3.63) is 24.0 Å². The van der Waals surface area contributed by atoms with Crippen LogP contribution in [0.4, 0.5) is 0 Å². The van der Waals surface area contributed by atoms with E-state index >= 15 is 0 Å². The molecule has 5 nitrogen and oxygen atoms in total. The molecule has 0 saturated heterocycles. The van der Waals surface area contributed by atoms with Crippen molar-refractivity contribution in [1.82, 2.24) is 24.7 Å². The van der Waals surface area contributed by atoms with Gasteiger partial charge in [-0.1, -0.05) is 13.3 Å². The number of fused-ring (bicyclic) bond motifs is 1. The normalized spacial score (nSPS) is 18.9. The van der Waals surface area contributed by atoms with Gasteiger partial charge in [-0.25, -0.2) is 9.97 Å². The summed E-state index contributed by atoms with van der Waals surface area (Å²) in [6.07, 6.45) is 8.12. The van der Waals surface area contributed by atoms with Gasteiger partial charge in [-0.15, -0.1) is 10.2 Å². The van der Waals surface area contributed by atoms with E-state index < -0.39 is 0 Å². The molecular formula is C14H19N5. The van der Waals surface area contributed by atoms with Gasteiger partial charge in [0.25, 0.3) is 0 Å². The number of rotatable bonds is 2. The van der Waals surface area contributed by atoms with Crippen molar-refractivity contribution in [2.75, 3.05) is 0 Å². The van der Waals surface area contributed by atoms with Crippen LogP contribution in [0.15, 0.2) is 12.5 Å². The summed E-state index contributed by atoms with van der Waals surface area (Å²) in [5.74, 6) is 2.83. The fourth-order valence-corrected chi connectivity index (χ4v) is 2.76. The van der Waals surface area contributed by atoms with Gasteiger partial charge < -0.3 is 4.57 Å². The molecule has 19 heavy (non-hydrogen) atoms. The summed E-state index contributed by atoms with van der Waals surface area (Å²) in [6.45, 7) is 5.27. The zero-order valence-electron chi connectivity index (χ0n) is 11.5. The Bertz CT molecular complexity index is 575. The Morgan fingerprint density at radius 2 is 2.21 bits per heavy atom. The van der Waals surface area contributed by atoms with E-state index in [1.165, 1.54) is 19.3 Å². The fourth-order valence-electron chi connectivity index (χ4n) is 2.76. The Balaban J connectivity index is 1.98. The molecule has 0 saturated carbocycles. The van der Waals surface area contributed by atoms with E-state index in [0.717, 1.165) is 41.8 Å². The molecule has 2 aromatic rings. The lowest BCUT2D eigenvalue weighted by Gasteiger charge is -2.11. The first-order valence-electron chi connectivity index (χ1n) is 6.98. The number of nitrogens with zero attached hydrogens (tertiary/aromatic N) is 5. The van der Waals surface area contributed by atoms with E-state index in [1.807, 2.05) is 13.1 Å². The lowest BCUT2D eigenvalue weighted by molar-refractivity contribution is 0.433. The summed E-state index contributed by atoms with van der Waals surface area (Å²) in [5, 5.41) is 8.71. The molecule has 0 N–H and O–H groups in total. The summed E-state index contributed by atoms with van der Waals surface area (Å²) in [6, 6.07) is 0. The highest BCUT2D eigenvalue weighted by Crippen LogP contribution is 2.26. The van der Waals surface area contributed by atoms with Crippen molar-refractivity contribution in [2.24, 2.45) is 5.92 Å². The standard InChI is InChI=1S/C14H19N5/c1-3-11-4-5-13-17-18-14(19(13)7-6-11)12-8-15-9-16-10(12)2/h8-9,11H,3-7H2,1-2H3. The first-order valence-corrected chi connectivity index (χ1v) is 6.98. The van der Waals surface area contributed by atoms with E-state index in [1.54, 1.807) is 6.33 Å². The van der Waals surface area contributed by atoms with E-state index in [9.17, 15) is 0 Å². The van der Waals surface area contributed by atoms with Crippen LogP contribution >= 0.6 is 0 Å². The summed E-state index contributed by atoms with van der Waals surface area (Å²) in [7, 11) is 0.